The second-order valence-electron chi connectivity index (χ2n) is 9.23. The largest absolute Gasteiger partial charge is 0.460 e. The van der Waals surface area contributed by atoms with Gasteiger partial charge in [0.2, 0.25) is 0 Å². The Morgan fingerprint density at radius 3 is 2.57 bits per heavy atom. The summed E-state index contributed by atoms with van der Waals surface area (Å²) in [5.74, 6) is 0.0994. The van der Waals surface area contributed by atoms with Crippen molar-refractivity contribution in [3.8, 4) is 0 Å². The van der Waals surface area contributed by atoms with Crippen LogP contribution in [0.1, 0.15) is 91.9 Å². The lowest BCUT2D eigenvalue weighted by Crippen LogP contribution is -2.51. The fourth-order valence-electron chi connectivity index (χ4n) is 3.88. The number of hydrogen-bond acceptors (Lipinski definition) is 5. The van der Waals surface area contributed by atoms with E-state index >= 15 is 0 Å². The topological polar surface area (TPSA) is 78.3 Å². The van der Waals surface area contributed by atoms with E-state index in [-0.39, 0.29) is 36.1 Å². The highest BCUT2D eigenvalue weighted by molar-refractivity contribution is 5.87. The van der Waals surface area contributed by atoms with Crippen molar-refractivity contribution in [3.05, 3.63) is 51.8 Å². The van der Waals surface area contributed by atoms with E-state index < -0.39 is 11.6 Å². The molecule has 1 aromatic heterocycles. The van der Waals surface area contributed by atoms with Crippen LogP contribution >= 0.6 is 0 Å². The second-order valence-corrected chi connectivity index (χ2v) is 9.23. The smallest absolute Gasteiger partial charge is 0.306 e. The van der Waals surface area contributed by atoms with Crippen molar-refractivity contribution in [3.63, 3.8) is 0 Å². The summed E-state index contributed by atoms with van der Waals surface area (Å²) in [6.45, 7) is 15.1. The summed E-state index contributed by atoms with van der Waals surface area (Å²) in [7, 11) is 0. The summed E-state index contributed by atoms with van der Waals surface area (Å²) in [4.78, 5) is 42.3. The van der Waals surface area contributed by atoms with Crippen LogP contribution in [0.4, 0.5) is 4.39 Å². The fraction of sp³-hybridized carbons (Fsp3) is 0.571. The number of carbonyl (C=O) groups is 2. The van der Waals surface area contributed by atoms with E-state index in [4.69, 9.17) is 9.72 Å². The van der Waals surface area contributed by atoms with Crippen LogP contribution in [0.15, 0.2) is 29.9 Å². The van der Waals surface area contributed by atoms with E-state index in [1.165, 1.54) is 6.08 Å². The molecule has 0 radical (unpaired) electrons. The molecule has 0 fully saturated rings. The van der Waals surface area contributed by atoms with Crippen molar-refractivity contribution < 1.29 is 18.7 Å². The SMILES string of the molecule is C=CC(C/C=C/F)n1c(CCCCC(=O)OC(C)(C)C)nc2c(c1=O)=CCC(C(=O)CC)C=2.CC. The first kappa shape index (κ1) is 30.2. The lowest BCUT2D eigenvalue weighted by molar-refractivity contribution is -0.154. The molecule has 1 aliphatic rings. The van der Waals surface area contributed by atoms with E-state index in [0.29, 0.717) is 54.8 Å². The van der Waals surface area contributed by atoms with Gasteiger partial charge in [-0.15, -0.1) is 6.58 Å². The highest BCUT2D eigenvalue weighted by Crippen LogP contribution is 2.16. The third-order valence-corrected chi connectivity index (χ3v) is 5.47. The highest BCUT2D eigenvalue weighted by atomic mass is 19.1. The first-order chi connectivity index (χ1) is 16.6. The lowest BCUT2D eigenvalue weighted by Gasteiger charge is -2.21. The van der Waals surface area contributed by atoms with Crippen LogP contribution < -0.4 is 16.1 Å². The van der Waals surface area contributed by atoms with Gasteiger partial charge in [-0.1, -0.05) is 39.0 Å². The summed E-state index contributed by atoms with van der Waals surface area (Å²) >= 11 is 0. The Bertz CT molecular complexity index is 1080. The minimum absolute atomic E-state index is 0.110. The molecule has 0 amide bonds. The number of Topliss-reactive ketones (excluding diaryl/α,β-unsaturated/α-hetero) is 1. The van der Waals surface area contributed by atoms with Crippen LogP contribution in [-0.2, 0) is 20.7 Å². The molecule has 0 N–H and O–H groups in total. The highest BCUT2D eigenvalue weighted by Gasteiger charge is 2.21. The van der Waals surface area contributed by atoms with Gasteiger partial charge in [-0.05, 0) is 52.5 Å². The molecule has 0 saturated carbocycles. The van der Waals surface area contributed by atoms with Crippen molar-refractivity contribution in [2.24, 2.45) is 5.92 Å². The molecule has 1 aliphatic carbocycles. The van der Waals surface area contributed by atoms with Crippen LogP contribution in [-0.4, -0.2) is 26.9 Å². The van der Waals surface area contributed by atoms with Gasteiger partial charge in [0, 0.05) is 25.2 Å². The lowest BCUT2D eigenvalue weighted by atomic mass is 9.94. The van der Waals surface area contributed by atoms with Crippen LogP contribution in [0.2, 0.25) is 0 Å². The number of rotatable bonds is 11. The Morgan fingerprint density at radius 1 is 1.31 bits per heavy atom. The number of ketones is 1. The minimum atomic E-state index is -0.530. The molecule has 2 atom stereocenters. The van der Waals surface area contributed by atoms with Gasteiger partial charge in [-0.25, -0.2) is 9.37 Å². The Morgan fingerprint density at radius 2 is 2.00 bits per heavy atom. The number of carbonyl (C=O) groups excluding carboxylic acids is 2. The maximum absolute atomic E-state index is 13.4. The number of esters is 1. The number of aryl methyl sites for hydroxylation is 1. The van der Waals surface area contributed by atoms with E-state index in [1.54, 1.807) is 22.8 Å². The molecule has 194 valence electrons. The quantitative estimate of drug-likeness (QED) is 0.261. The van der Waals surface area contributed by atoms with Gasteiger partial charge < -0.3 is 4.74 Å². The molecule has 6 nitrogen and oxygen atoms in total. The maximum atomic E-state index is 13.4. The average Bonchev–Trinajstić information content (AvgIpc) is 2.82. The molecular formula is C28H41FN2O4. The van der Waals surface area contributed by atoms with Crippen molar-refractivity contribution in [1.82, 2.24) is 9.55 Å². The standard InChI is InChI=1S/C26H35FN2O4.C2H6/c1-6-19(11-10-16-27)29-23(12-8-9-13-24(31)33-26(3,4)5)28-21-17-18(22(30)7-2)14-15-20(21)25(29)32;1-2/h6,10,15-19H,1,7-9,11-14H2,2-5H3;1-2H3/b16-10+;. The molecule has 0 spiro atoms. The van der Waals surface area contributed by atoms with E-state index in [9.17, 15) is 18.8 Å². The zero-order valence-electron chi connectivity index (χ0n) is 22.1. The van der Waals surface area contributed by atoms with Gasteiger partial charge in [0.1, 0.15) is 17.2 Å². The molecule has 1 aromatic rings. The van der Waals surface area contributed by atoms with Crippen LogP contribution in [0, 0.1) is 5.92 Å². The first-order valence-corrected chi connectivity index (χ1v) is 12.6. The number of aromatic nitrogens is 2. The summed E-state index contributed by atoms with van der Waals surface area (Å²) in [5.41, 5.74) is -0.754. The third-order valence-electron chi connectivity index (χ3n) is 5.47. The summed E-state index contributed by atoms with van der Waals surface area (Å²) < 4.78 is 19.6. The zero-order chi connectivity index (χ0) is 26.6. The summed E-state index contributed by atoms with van der Waals surface area (Å²) in [6, 6.07) is -0.452. The number of fused-ring (bicyclic) bond motifs is 1. The normalized spacial score (nSPS) is 15.7. The van der Waals surface area contributed by atoms with Crippen molar-refractivity contribution in [1.29, 1.82) is 0 Å². The van der Waals surface area contributed by atoms with Crippen molar-refractivity contribution in [2.75, 3.05) is 0 Å². The van der Waals surface area contributed by atoms with Crippen LogP contribution in [0.25, 0.3) is 12.2 Å². The maximum Gasteiger partial charge on any atom is 0.306 e. The van der Waals surface area contributed by atoms with Crippen LogP contribution in [0.5, 0.6) is 0 Å². The molecule has 2 rings (SSSR count). The Labute approximate surface area is 208 Å². The summed E-state index contributed by atoms with van der Waals surface area (Å²) in [6.07, 6.45) is 10.0. The number of ether oxygens (including phenoxy) is 1. The fourth-order valence-corrected chi connectivity index (χ4v) is 3.88. The molecule has 1 heterocycles. The molecule has 0 aliphatic heterocycles. The van der Waals surface area contributed by atoms with Gasteiger partial charge >= 0.3 is 5.97 Å². The van der Waals surface area contributed by atoms with Gasteiger partial charge in [0.05, 0.1) is 22.9 Å². The second kappa shape index (κ2) is 14.5. The Hall–Kier alpha value is -2.83. The van der Waals surface area contributed by atoms with Crippen molar-refractivity contribution >= 4 is 23.9 Å². The first-order valence-electron chi connectivity index (χ1n) is 12.6. The Kier molecular flexibility index (Phi) is 12.5. The predicted octanol–water partition coefficient (Wildman–Crippen LogP) is 4.48. The molecule has 2 unspecified atom stereocenters. The number of nitrogens with zero attached hydrogens (tertiary/aromatic N) is 2. The number of unbranched alkanes of at least 4 members (excludes halogenated alkanes) is 1. The summed E-state index contributed by atoms with van der Waals surface area (Å²) in [5, 5.41) is 0.976. The molecular weight excluding hydrogens is 447 g/mol. The van der Waals surface area contributed by atoms with Gasteiger partial charge in [0.15, 0.2) is 0 Å². The average molecular weight is 489 g/mol. The third kappa shape index (κ3) is 9.04. The molecule has 7 heteroatoms. The molecule has 35 heavy (non-hydrogen) atoms. The number of hydrogen-bond donors (Lipinski definition) is 0. The van der Waals surface area contributed by atoms with Crippen LogP contribution in [0.3, 0.4) is 0 Å². The molecule has 0 bridgehead atoms. The Balaban J connectivity index is 0.00000298. The van der Waals surface area contributed by atoms with E-state index in [2.05, 4.69) is 6.58 Å². The molecule has 0 aromatic carbocycles. The monoisotopic (exact) mass is 488 g/mol. The zero-order valence-corrected chi connectivity index (χ0v) is 22.1. The number of halogens is 1. The molecule has 0 saturated heterocycles. The van der Waals surface area contributed by atoms with Crippen molar-refractivity contribution in [2.45, 2.75) is 98.1 Å². The minimum Gasteiger partial charge on any atom is -0.460 e. The van der Waals surface area contributed by atoms with Gasteiger partial charge in [0.25, 0.3) is 5.56 Å². The van der Waals surface area contributed by atoms with Gasteiger partial charge in [-0.3, -0.25) is 19.0 Å². The predicted molar refractivity (Wildman–Crippen MR) is 139 cm³/mol. The van der Waals surface area contributed by atoms with Gasteiger partial charge in [-0.2, -0.15) is 0 Å². The van der Waals surface area contributed by atoms with E-state index in [1.807, 2.05) is 41.5 Å². The van der Waals surface area contributed by atoms with E-state index in [0.717, 1.165) is 0 Å². The number of allylic oxidation sites excluding steroid dienone is 2.